The molecule has 2 rings (SSSR count). The van der Waals surface area contributed by atoms with Crippen molar-refractivity contribution >= 4 is 15.8 Å². The van der Waals surface area contributed by atoms with E-state index in [1.165, 1.54) is 19.2 Å². The lowest BCUT2D eigenvalue weighted by Gasteiger charge is -2.16. The summed E-state index contributed by atoms with van der Waals surface area (Å²) in [4.78, 5) is 9.89. The Morgan fingerprint density at radius 3 is 2.44 bits per heavy atom. The minimum absolute atomic E-state index is 0.0216. The molecule has 0 saturated heterocycles. The van der Waals surface area contributed by atoms with Gasteiger partial charge in [-0.2, -0.15) is 8.42 Å². The van der Waals surface area contributed by atoms with Crippen molar-refractivity contribution < 1.29 is 22.3 Å². The third kappa shape index (κ3) is 4.08. The van der Waals surface area contributed by atoms with Crippen LogP contribution in [0.2, 0.25) is 0 Å². The highest BCUT2D eigenvalue weighted by atomic mass is 32.2. The van der Waals surface area contributed by atoms with Crippen molar-refractivity contribution in [3.63, 3.8) is 0 Å². The molecule has 0 aliphatic carbocycles. The van der Waals surface area contributed by atoms with Gasteiger partial charge in [-0.05, 0) is 30.0 Å². The quantitative estimate of drug-likeness (QED) is 0.420. The number of hydrogen-bond acceptors (Lipinski definition) is 6. The Labute approximate surface area is 146 Å². The molecule has 2 aromatic carbocycles. The Hall–Kier alpha value is -2.61. The van der Waals surface area contributed by atoms with Crippen molar-refractivity contribution in [1.29, 1.82) is 0 Å². The van der Waals surface area contributed by atoms with Crippen molar-refractivity contribution in [2.75, 3.05) is 7.11 Å². The summed E-state index contributed by atoms with van der Waals surface area (Å²) in [5.74, 6) is 0.274. The first-order valence-electron chi connectivity index (χ1n) is 7.66. The molecule has 8 heteroatoms. The summed E-state index contributed by atoms with van der Waals surface area (Å²) in [6.45, 7) is 3.95. The average Bonchev–Trinajstić information content (AvgIpc) is 2.60. The van der Waals surface area contributed by atoms with Crippen LogP contribution in [-0.2, 0) is 10.1 Å². The van der Waals surface area contributed by atoms with E-state index >= 15 is 0 Å². The van der Waals surface area contributed by atoms with Crippen LogP contribution in [-0.4, -0.2) is 20.5 Å². The molecule has 1 unspecified atom stereocenters. The molecule has 1 atom stereocenters. The number of ether oxygens (including phenoxy) is 1. The van der Waals surface area contributed by atoms with Gasteiger partial charge in [-0.3, -0.25) is 10.1 Å². The molecular weight excluding hydrogens is 346 g/mol. The highest BCUT2D eigenvalue weighted by Gasteiger charge is 2.26. The number of nitrogens with zero attached hydrogens (tertiary/aromatic N) is 1. The number of nitro groups is 1. The maximum Gasteiger partial charge on any atom is 0.343 e. The van der Waals surface area contributed by atoms with Gasteiger partial charge in [-0.15, -0.1) is 0 Å². The molecule has 0 spiro atoms. The fourth-order valence-corrected chi connectivity index (χ4v) is 3.46. The minimum atomic E-state index is -4.31. The Morgan fingerprint density at radius 1 is 1.16 bits per heavy atom. The first-order valence-corrected chi connectivity index (χ1v) is 9.06. The van der Waals surface area contributed by atoms with Crippen LogP contribution in [0.3, 0.4) is 0 Å². The van der Waals surface area contributed by atoms with Crippen LogP contribution in [0.15, 0.2) is 47.4 Å². The van der Waals surface area contributed by atoms with Gasteiger partial charge in [0.2, 0.25) is 0 Å². The van der Waals surface area contributed by atoms with Crippen molar-refractivity contribution in [3.8, 4) is 11.5 Å². The van der Waals surface area contributed by atoms with Crippen LogP contribution in [0.1, 0.15) is 31.7 Å². The summed E-state index contributed by atoms with van der Waals surface area (Å²) >= 11 is 0. The van der Waals surface area contributed by atoms with E-state index in [2.05, 4.69) is 0 Å². The van der Waals surface area contributed by atoms with E-state index in [-0.39, 0.29) is 28.0 Å². The molecule has 0 N–H and O–H groups in total. The van der Waals surface area contributed by atoms with Gasteiger partial charge in [0.15, 0.2) is 4.90 Å². The van der Waals surface area contributed by atoms with E-state index in [9.17, 15) is 18.5 Å². The third-order valence-corrected chi connectivity index (χ3v) is 5.15. The number of methoxy groups -OCH3 is 1. The van der Waals surface area contributed by atoms with Crippen LogP contribution >= 0.6 is 0 Å². The molecule has 0 radical (unpaired) electrons. The minimum Gasteiger partial charge on any atom is -0.495 e. The smallest absolute Gasteiger partial charge is 0.343 e. The summed E-state index contributed by atoms with van der Waals surface area (Å²) in [7, 11) is -3.02. The topological polar surface area (TPSA) is 95.7 Å². The van der Waals surface area contributed by atoms with E-state index < -0.39 is 15.0 Å². The molecule has 134 valence electrons. The Kier molecular flexibility index (Phi) is 5.63. The summed E-state index contributed by atoms with van der Waals surface area (Å²) in [6, 6.07) is 10.2. The van der Waals surface area contributed by atoms with Gasteiger partial charge >= 0.3 is 10.1 Å². The third-order valence-electron chi connectivity index (χ3n) is 3.89. The zero-order valence-corrected chi connectivity index (χ0v) is 14.9. The maximum absolute atomic E-state index is 12.7. The molecule has 0 heterocycles. The fraction of sp³-hybridized carbons (Fsp3) is 0.294. The van der Waals surface area contributed by atoms with E-state index in [1.807, 2.05) is 13.8 Å². The SMILES string of the molecule is CCC(C)c1ccccc1OS(=O)(=O)c1cc([N+](=O)[O-])ccc1OC. The molecule has 0 fully saturated rings. The number of rotatable bonds is 7. The molecule has 25 heavy (non-hydrogen) atoms. The Morgan fingerprint density at radius 2 is 1.84 bits per heavy atom. The van der Waals surface area contributed by atoms with Crippen molar-refractivity contribution in [2.24, 2.45) is 0 Å². The molecule has 2 aromatic rings. The van der Waals surface area contributed by atoms with Crippen molar-refractivity contribution in [3.05, 3.63) is 58.1 Å². The highest BCUT2D eigenvalue weighted by Crippen LogP contribution is 2.34. The predicted molar refractivity (Wildman–Crippen MR) is 92.6 cm³/mol. The standard InChI is InChI=1S/C17H19NO6S/c1-4-12(2)14-7-5-6-8-15(14)24-25(21,22)17-11-13(18(19)20)9-10-16(17)23-3/h5-12H,4H2,1-3H3. The van der Waals surface area contributed by atoms with Gasteiger partial charge in [0, 0.05) is 12.1 Å². The lowest BCUT2D eigenvalue weighted by Crippen LogP contribution is -2.13. The molecule has 7 nitrogen and oxygen atoms in total. The second-order valence-corrected chi connectivity index (χ2v) is 6.99. The average molecular weight is 365 g/mol. The van der Waals surface area contributed by atoms with E-state index in [0.29, 0.717) is 0 Å². The van der Waals surface area contributed by atoms with Crippen LogP contribution in [0.4, 0.5) is 5.69 Å². The molecular formula is C17H19NO6S. The number of para-hydroxylation sites is 1. The monoisotopic (exact) mass is 365 g/mol. The largest absolute Gasteiger partial charge is 0.495 e. The van der Waals surface area contributed by atoms with E-state index in [1.54, 1.807) is 24.3 Å². The molecule has 0 aliphatic heterocycles. The molecule has 0 aliphatic rings. The van der Waals surface area contributed by atoms with Crippen molar-refractivity contribution in [2.45, 2.75) is 31.1 Å². The van der Waals surface area contributed by atoms with Gasteiger partial charge in [-0.1, -0.05) is 32.0 Å². The maximum atomic E-state index is 12.7. The van der Waals surface area contributed by atoms with E-state index in [4.69, 9.17) is 8.92 Å². The second kappa shape index (κ2) is 7.52. The fourth-order valence-electron chi connectivity index (χ4n) is 2.32. The molecule has 0 saturated carbocycles. The summed E-state index contributed by atoms with van der Waals surface area (Å²) in [5, 5.41) is 10.9. The van der Waals surface area contributed by atoms with Gasteiger partial charge < -0.3 is 8.92 Å². The Bertz CT molecular complexity index is 878. The molecule has 0 bridgehead atoms. The molecule has 0 amide bonds. The lowest BCUT2D eigenvalue weighted by atomic mass is 9.98. The van der Waals surface area contributed by atoms with Gasteiger partial charge in [-0.25, -0.2) is 0 Å². The summed E-state index contributed by atoms with van der Waals surface area (Å²) in [5.41, 5.74) is 0.385. The van der Waals surface area contributed by atoms with Crippen LogP contribution in [0.5, 0.6) is 11.5 Å². The molecule has 0 aromatic heterocycles. The zero-order valence-electron chi connectivity index (χ0n) is 14.1. The number of benzene rings is 2. The van der Waals surface area contributed by atoms with Crippen molar-refractivity contribution in [1.82, 2.24) is 0 Å². The van der Waals surface area contributed by atoms with Crippen LogP contribution in [0.25, 0.3) is 0 Å². The normalized spacial score (nSPS) is 12.4. The summed E-state index contributed by atoms with van der Waals surface area (Å²) < 4.78 is 35.7. The number of nitro benzene ring substituents is 1. The van der Waals surface area contributed by atoms with Crippen LogP contribution < -0.4 is 8.92 Å². The first-order chi connectivity index (χ1) is 11.8. The second-order valence-electron chi connectivity index (χ2n) is 5.48. The number of hydrogen-bond donors (Lipinski definition) is 0. The number of non-ortho nitro benzene ring substituents is 1. The first kappa shape index (κ1) is 18.7. The van der Waals surface area contributed by atoms with Crippen LogP contribution in [0, 0.1) is 10.1 Å². The van der Waals surface area contributed by atoms with Gasteiger partial charge in [0.1, 0.15) is 11.5 Å². The van der Waals surface area contributed by atoms with Gasteiger partial charge in [0.25, 0.3) is 5.69 Å². The lowest BCUT2D eigenvalue weighted by molar-refractivity contribution is -0.385. The predicted octanol–water partition coefficient (Wildman–Crippen LogP) is 3.88. The van der Waals surface area contributed by atoms with E-state index in [0.717, 1.165) is 18.1 Å². The summed E-state index contributed by atoms with van der Waals surface area (Å²) in [6.07, 6.45) is 0.806. The zero-order chi connectivity index (χ0) is 18.6. The highest BCUT2D eigenvalue weighted by molar-refractivity contribution is 7.87. The Balaban J connectivity index is 2.51. The van der Waals surface area contributed by atoms with Gasteiger partial charge in [0.05, 0.1) is 12.0 Å².